The Morgan fingerprint density at radius 3 is 2.44 bits per heavy atom. The minimum Gasteiger partial charge on any atom is -0.322 e. The van der Waals surface area contributed by atoms with Crippen LogP contribution in [-0.2, 0) is 10.0 Å². The number of rotatable bonds is 7. The number of anilines is 1. The molecule has 0 unspecified atom stereocenters. The number of nitro groups is 1. The quantitative estimate of drug-likeness (QED) is 0.505. The molecule has 0 heterocycles. The number of hydrogen-bond acceptors (Lipinski definition) is 5. The molecule has 144 valence electrons. The fourth-order valence-electron chi connectivity index (χ4n) is 2.45. The van der Waals surface area contributed by atoms with Crippen LogP contribution in [0.1, 0.15) is 24.2 Å². The van der Waals surface area contributed by atoms with Crippen molar-refractivity contribution in [1.82, 2.24) is 4.31 Å². The maximum atomic E-state index is 12.7. The first-order valence-corrected chi connectivity index (χ1v) is 10.3. The van der Waals surface area contributed by atoms with Crippen LogP contribution in [0, 0.1) is 10.1 Å². The molecule has 0 aromatic heterocycles. The Hall–Kier alpha value is -2.30. The summed E-state index contributed by atoms with van der Waals surface area (Å²) in [6.07, 6.45) is 0. The molecule has 0 saturated heterocycles. The van der Waals surface area contributed by atoms with Crippen molar-refractivity contribution in [2.24, 2.45) is 0 Å². The highest BCUT2D eigenvalue weighted by Crippen LogP contribution is 2.25. The highest BCUT2D eigenvalue weighted by Gasteiger charge is 2.24. The van der Waals surface area contributed by atoms with Gasteiger partial charge in [-0.1, -0.05) is 19.9 Å². The molecule has 1 amide bonds. The number of sulfonamides is 1. The molecule has 0 atom stereocenters. The molecule has 2 rings (SSSR count). The minimum atomic E-state index is -3.72. The summed E-state index contributed by atoms with van der Waals surface area (Å²) in [5.41, 5.74) is 0.178. The molecule has 1 N–H and O–H groups in total. The van der Waals surface area contributed by atoms with Crippen molar-refractivity contribution in [3.63, 3.8) is 0 Å². The molecule has 0 fully saturated rings. The van der Waals surface area contributed by atoms with Gasteiger partial charge in [0, 0.05) is 35.4 Å². The zero-order chi connectivity index (χ0) is 20.2. The number of hydrogen-bond donors (Lipinski definition) is 1. The van der Waals surface area contributed by atoms with E-state index in [-0.39, 0.29) is 21.8 Å². The number of nitrogens with zero attached hydrogens (tertiary/aromatic N) is 2. The monoisotopic (exact) mass is 455 g/mol. The number of non-ortho nitro benzene ring substituents is 1. The lowest BCUT2D eigenvalue weighted by molar-refractivity contribution is -0.384. The fraction of sp³-hybridized carbons (Fsp3) is 0.235. The van der Waals surface area contributed by atoms with Crippen LogP contribution in [0.5, 0.6) is 0 Å². The molecular formula is C17H18BrN3O5S. The summed E-state index contributed by atoms with van der Waals surface area (Å²) >= 11 is 3.24. The molecule has 2 aromatic rings. The largest absolute Gasteiger partial charge is 0.322 e. The Kier molecular flexibility index (Phi) is 6.68. The van der Waals surface area contributed by atoms with E-state index in [0.717, 1.165) is 0 Å². The summed E-state index contributed by atoms with van der Waals surface area (Å²) < 4.78 is 27.0. The maximum Gasteiger partial charge on any atom is 0.271 e. The second kappa shape index (κ2) is 8.59. The van der Waals surface area contributed by atoms with Gasteiger partial charge in [0.25, 0.3) is 11.6 Å². The molecule has 2 aromatic carbocycles. The van der Waals surface area contributed by atoms with Gasteiger partial charge in [-0.25, -0.2) is 8.42 Å². The Morgan fingerprint density at radius 1 is 1.19 bits per heavy atom. The summed E-state index contributed by atoms with van der Waals surface area (Å²) in [6, 6.07) is 9.68. The Balaban J connectivity index is 2.37. The highest BCUT2D eigenvalue weighted by molar-refractivity contribution is 9.10. The first kappa shape index (κ1) is 21.0. The average Bonchev–Trinajstić information content (AvgIpc) is 2.62. The molecule has 10 heteroatoms. The van der Waals surface area contributed by atoms with E-state index in [1.54, 1.807) is 13.8 Å². The van der Waals surface area contributed by atoms with Gasteiger partial charge in [-0.2, -0.15) is 4.31 Å². The summed E-state index contributed by atoms with van der Waals surface area (Å²) in [4.78, 5) is 22.9. The molecule has 0 aliphatic heterocycles. The average molecular weight is 456 g/mol. The van der Waals surface area contributed by atoms with E-state index in [1.165, 1.54) is 46.8 Å². The van der Waals surface area contributed by atoms with Crippen molar-refractivity contribution in [2.45, 2.75) is 18.7 Å². The number of nitrogens with one attached hydrogen (secondary N) is 1. The van der Waals surface area contributed by atoms with Gasteiger partial charge in [-0.3, -0.25) is 14.9 Å². The Morgan fingerprint density at radius 2 is 1.85 bits per heavy atom. The summed E-state index contributed by atoms with van der Waals surface area (Å²) in [5.74, 6) is -0.584. The number of amides is 1. The predicted molar refractivity (Wildman–Crippen MR) is 105 cm³/mol. The SMILES string of the molecule is CCN(CC)S(=O)(=O)c1ccc(Br)c(C(=O)Nc2cccc([N+](=O)[O-])c2)c1. The summed E-state index contributed by atoms with van der Waals surface area (Å²) in [7, 11) is -3.72. The van der Waals surface area contributed by atoms with Gasteiger partial charge >= 0.3 is 0 Å². The zero-order valence-corrected chi connectivity index (χ0v) is 17.1. The van der Waals surface area contributed by atoms with Crippen LogP contribution >= 0.6 is 15.9 Å². The van der Waals surface area contributed by atoms with Crippen LogP contribution < -0.4 is 5.32 Å². The number of nitro benzene ring substituents is 1. The second-order valence-corrected chi connectivity index (χ2v) is 8.28. The van der Waals surface area contributed by atoms with Crippen molar-refractivity contribution in [3.05, 3.63) is 62.6 Å². The molecule has 0 radical (unpaired) electrons. The number of benzene rings is 2. The second-order valence-electron chi connectivity index (χ2n) is 5.49. The van der Waals surface area contributed by atoms with E-state index in [4.69, 9.17) is 0 Å². The number of carbonyl (C=O) groups is 1. The molecule has 0 bridgehead atoms. The van der Waals surface area contributed by atoms with E-state index in [9.17, 15) is 23.3 Å². The van der Waals surface area contributed by atoms with Crippen LogP contribution in [0.4, 0.5) is 11.4 Å². The van der Waals surface area contributed by atoms with Crippen molar-refractivity contribution in [1.29, 1.82) is 0 Å². The van der Waals surface area contributed by atoms with Gasteiger partial charge in [0.2, 0.25) is 10.0 Å². The third-order valence-corrected chi connectivity index (χ3v) is 6.58. The van der Waals surface area contributed by atoms with Crippen molar-refractivity contribution >= 4 is 43.2 Å². The van der Waals surface area contributed by atoms with Gasteiger partial charge < -0.3 is 5.32 Å². The first-order valence-electron chi connectivity index (χ1n) is 8.06. The Labute approximate surface area is 165 Å². The normalized spacial score (nSPS) is 11.4. The van der Waals surface area contributed by atoms with Gasteiger partial charge in [0.05, 0.1) is 15.4 Å². The summed E-state index contributed by atoms with van der Waals surface area (Å²) in [5, 5.41) is 13.4. The lowest BCUT2D eigenvalue weighted by Crippen LogP contribution is -2.30. The van der Waals surface area contributed by atoms with Crippen LogP contribution in [0.15, 0.2) is 51.8 Å². The van der Waals surface area contributed by atoms with E-state index in [1.807, 2.05) is 0 Å². The number of halogens is 1. The molecule has 0 aliphatic carbocycles. The maximum absolute atomic E-state index is 12.7. The zero-order valence-electron chi connectivity index (χ0n) is 14.7. The fourth-order valence-corrected chi connectivity index (χ4v) is 4.36. The minimum absolute atomic E-state index is 0.00130. The molecule has 0 saturated carbocycles. The van der Waals surface area contributed by atoms with Crippen LogP contribution in [0.3, 0.4) is 0 Å². The molecular weight excluding hydrogens is 438 g/mol. The smallest absolute Gasteiger partial charge is 0.271 e. The van der Waals surface area contributed by atoms with Gasteiger partial charge in [-0.15, -0.1) is 0 Å². The first-order chi connectivity index (χ1) is 12.7. The van der Waals surface area contributed by atoms with Gasteiger partial charge in [0.1, 0.15) is 0 Å². The third kappa shape index (κ3) is 4.71. The van der Waals surface area contributed by atoms with Crippen LogP contribution in [0.2, 0.25) is 0 Å². The lowest BCUT2D eigenvalue weighted by atomic mass is 10.2. The van der Waals surface area contributed by atoms with E-state index < -0.39 is 20.9 Å². The summed E-state index contributed by atoms with van der Waals surface area (Å²) in [6.45, 7) is 4.08. The molecule has 27 heavy (non-hydrogen) atoms. The standard InChI is InChI=1S/C17H18BrN3O5S/c1-3-20(4-2)27(25,26)14-8-9-16(18)15(11-14)17(22)19-12-6-5-7-13(10-12)21(23)24/h5-11H,3-4H2,1-2H3,(H,19,22). The Bertz CT molecular complexity index is 974. The van der Waals surface area contributed by atoms with Crippen molar-refractivity contribution < 1.29 is 18.1 Å². The van der Waals surface area contributed by atoms with Crippen LogP contribution in [0.25, 0.3) is 0 Å². The van der Waals surface area contributed by atoms with Crippen molar-refractivity contribution in [2.75, 3.05) is 18.4 Å². The van der Waals surface area contributed by atoms with Gasteiger partial charge in [-0.05, 0) is 40.2 Å². The molecule has 0 spiro atoms. The third-order valence-electron chi connectivity index (χ3n) is 3.84. The molecule has 0 aliphatic rings. The van der Waals surface area contributed by atoms with E-state index in [0.29, 0.717) is 17.6 Å². The molecule has 8 nitrogen and oxygen atoms in total. The highest BCUT2D eigenvalue weighted by atomic mass is 79.9. The number of carbonyl (C=O) groups excluding carboxylic acids is 1. The van der Waals surface area contributed by atoms with Gasteiger partial charge in [0.15, 0.2) is 0 Å². The lowest BCUT2D eigenvalue weighted by Gasteiger charge is -2.19. The van der Waals surface area contributed by atoms with Crippen molar-refractivity contribution in [3.8, 4) is 0 Å². The topological polar surface area (TPSA) is 110 Å². The predicted octanol–water partition coefficient (Wildman–Crippen LogP) is 3.64. The van der Waals surface area contributed by atoms with E-state index in [2.05, 4.69) is 21.2 Å². The van der Waals surface area contributed by atoms with E-state index >= 15 is 0 Å². The van der Waals surface area contributed by atoms with Crippen LogP contribution in [-0.4, -0.2) is 36.6 Å².